The summed E-state index contributed by atoms with van der Waals surface area (Å²) in [5.74, 6) is 1.02. The van der Waals surface area contributed by atoms with Crippen LogP contribution in [0.4, 0.5) is 0 Å². The molecule has 0 spiro atoms. The summed E-state index contributed by atoms with van der Waals surface area (Å²) in [6, 6.07) is 12.6. The van der Waals surface area contributed by atoms with E-state index in [0.29, 0.717) is 18.1 Å². The van der Waals surface area contributed by atoms with Crippen LogP contribution < -0.4 is 10.6 Å². The van der Waals surface area contributed by atoms with Crippen LogP contribution in [0.1, 0.15) is 45.1 Å². The SMILES string of the molecule is CCN=C(NC1CC1)NC1CCN(Cc2ccccc2)C(C)C1. The maximum atomic E-state index is 4.59. The highest BCUT2D eigenvalue weighted by atomic mass is 15.2. The largest absolute Gasteiger partial charge is 0.354 e. The lowest BCUT2D eigenvalue weighted by Gasteiger charge is -2.38. The molecule has 4 heteroatoms. The Morgan fingerprint density at radius 3 is 2.52 bits per heavy atom. The number of likely N-dealkylation sites (tertiary alicyclic amines) is 1. The van der Waals surface area contributed by atoms with Crippen LogP contribution in [-0.4, -0.2) is 42.1 Å². The van der Waals surface area contributed by atoms with Crippen LogP contribution >= 0.6 is 0 Å². The van der Waals surface area contributed by atoms with Crippen LogP contribution in [0.15, 0.2) is 35.3 Å². The molecule has 126 valence electrons. The lowest BCUT2D eigenvalue weighted by Crippen LogP contribution is -2.51. The topological polar surface area (TPSA) is 39.7 Å². The van der Waals surface area contributed by atoms with Crippen molar-refractivity contribution in [3.05, 3.63) is 35.9 Å². The highest BCUT2D eigenvalue weighted by Gasteiger charge is 2.27. The monoisotopic (exact) mass is 314 g/mol. The molecule has 0 amide bonds. The Balaban J connectivity index is 1.50. The number of guanidine groups is 1. The van der Waals surface area contributed by atoms with Gasteiger partial charge in [-0.1, -0.05) is 30.3 Å². The molecule has 2 N–H and O–H groups in total. The van der Waals surface area contributed by atoms with Crippen molar-refractivity contribution in [2.24, 2.45) is 4.99 Å². The Morgan fingerprint density at radius 2 is 1.87 bits per heavy atom. The van der Waals surface area contributed by atoms with Crippen molar-refractivity contribution in [3.63, 3.8) is 0 Å². The van der Waals surface area contributed by atoms with Gasteiger partial charge in [-0.15, -0.1) is 0 Å². The van der Waals surface area contributed by atoms with Gasteiger partial charge in [0.05, 0.1) is 0 Å². The van der Waals surface area contributed by atoms with Crippen LogP contribution in [-0.2, 0) is 6.54 Å². The summed E-state index contributed by atoms with van der Waals surface area (Å²) in [6.07, 6.45) is 4.95. The first-order valence-corrected chi connectivity index (χ1v) is 9.10. The molecular weight excluding hydrogens is 284 g/mol. The van der Waals surface area contributed by atoms with Gasteiger partial charge in [0.1, 0.15) is 0 Å². The third kappa shape index (κ3) is 4.96. The summed E-state index contributed by atoms with van der Waals surface area (Å²) < 4.78 is 0. The number of nitrogens with zero attached hydrogens (tertiary/aromatic N) is 2. The standard InChI is InChI=1S/C19H30N4/c1-3-20-19(21-17-9-10-17)22-18-11-12-23(15(2)13-18)14-16-7-5-4-6-8-16/h4-8,15,17-18H,3,9-14H2,1-2H3,(H2,20,21,22). The van der Waals surface area contributed by atoms with Gasteiger partial charge in [-0.2, -0.15) is 0 Å². The number of aliphatic imine (C=N–C) groups is 1. The molecule has 1 aliphatic heterocycles. The highest BCUT2D eigenvalue weighted by Crippen LogP contribution is 2.21. The second kappa shape index (κ2) is 7.82. The molecule has 23 heavy (non-hydrogen) atoms. The van der Waals surface area contributed by atoms with E-state index in [1.807, 2.05) is 0 Å². The van der Waals surface area contributed by atoms with Crippen molar-refractivity contribution in [2.75, 3.05) is 13.1 Å². The molecule has 1 aromatic carbocycles. The van der Waals surface area contributed by atoms with E-state index in [-0.39, 0.29) is 0 Å². The second-order valence-corrected chi connectivity index (χ2v) is 6.91. The van der Waals surface area contributed by atoms with Gasteiger partial charge < -0.3 is 10.6 Å². The summed E-state index contributed by atoms with van der Waals surface area (Å²) in [5, 5.41) is 7.19. The first-order chi connectivity index (χ1) is 11.2. The van der Waals surface area contributed by atoms with E-state index in [4.69, 9.17) is 0 Å². The first-order valence-electron chi connectivity index (χ1n) is 9.10. The number of piperidine rings is 1. The zero-order valence-electron chi connectivity index (χ0n) is 14.5. The number of hydrogen-bond donors (Lipinski definition) is 2. The van der Waals surface area contributed by atoms with Gasteiger partial charge in [-0.25, -0.2) is 0 Å². The molecule has 4 nitrogen and oxygen atoms in total. The van der Waals surface area contributed by atoms with Crippen molar-refractivity contribution in [3.8, 4) is 0 Å². The minimum atomic E-state index is 0.536. The number of nitrogens with one attached hydrogen (secondary N) is 2. The summed E-state index contributed by atoms with van der Waals surface area (Å²) >= 11 is 0. The molecule has 2 aliphatic rings. The average molecular weight is 314 g/mol. The predicted octanol–water partition coefficient (Wildman–Crippen LogP) is 2.76. The fraction of sp³-hybridized carbons (Fsp3) is 0.632. The molecule has 1 saturated carbocycles. The first kappa shape index (κ1) is 16.3. The van der Waals surface area contributed by atoms with E-state index in [0.717, 1.165) is 25.6 Å². The van der Waals surface area contributed by atoms with Gasteiger partial charge in [-0.3, -0.25) is 9.89 Å². The van der Waals surface area contributed by atoms with Gasteiger partial charge in [0.15, 0.2) is 5.96 Å². The van der Waals surface area contributed by atoms with Gasteiger partial charge >= 0.3 is 0 Å². The Kier molecular flexibility index (Phi) is 5.55. The lowest BCUT2D eigenvalue weighted by atomic mass is 9.97. The molecule has 1 aromatic rings. The molecule has 2 atom stereocenters. The zero-order chi connectivity index (χ0) is 16.1. The number of benzene rings is 1. The second-order valence-electron chi connectivity index (χ2n) is 6.91. The van der Waals surface area contributed by atoms with Crippen molar-refractivity contribution < 1.29 is 0 Å². The molecule has 1 heterocycles. The molecule has 3 rings (SSSR count). The summed E-state index contributed by atoms with van der Waals surface area (Å²) in [7, 11) is 0. The Morgan fingerprint density at radius 1 is 1.13 bits per heavy atom. The zero-order valence-corrected chi connectivity index (χ0v) is 14.5. The molecule has 0 radical (unpaired) electrons. The molecule has 2 fully saturated rings. The third-order valence-electron chi connectivity index (χ3n) is 4.82. The van der Waals surface area contributed by atoms with Crippen LogP contribution in [0, 0.1) is 0 Å². The normalized spacial score (nSPS) is 26.1. The van der Waals surface area contributed by atoms with Crippen LogP contribution in [0.25, 0.3) is 0 Å². The Bertz CT molecular complexity index is 509. The van der Waals surface area contributed by atoms with E-state index in [2.05, 4.69) is 64.7 Å². The van der Waals surface area contributed by atoms with Gasteiger partial charge in [-0.05, 0) is 45.1 Å². The highest BCUT2D eigenvalue weighted by molar-refractivity contribution is 5.80. The van der Waals surface area contributed by atoms with Crippen molar-refractivity contribution in [1.29, 1.82) is 0 Å². The molecule has 0 bridgehead atoms. The maximum absolute atomic E-state index is 4.59. The smallest absolute Gasteiger partial charge is 0.191 e. The predicted molar refractivity (Wildman–Crippen MR) is 96.6 cm³/mol. The molecule has 2 unspecified atom stereocenters. The average Bonchev–Trinajstić information content (AvgIpc) is 3.35. The number of hydrogen-bond acceptors (Lipinski definition) is 2. The van der Waals surface area contributed by atoms with Gasteiger partial charge in [0.2, 0.25) is 0 Å². The molecule has 0 aromatic heterocycles. The van der Waals surface area contributed by atoms with E-state index in [9.17, 15) is 0 Å². The summed E-state index contributed by atoms with van der Waals surface area (Å²) in [5.41, 5.74) is 1.41. The number of rotatable bonds is 5. The fourth-order valence-electron chi connectivity index (χ4n) is 3.31. The molecule has 1 saturated heterocycles. The van der Waals surface area contributed by atoms with Gasteiger partial charge in [0.25, 0.3) is 0 Å². The van der Waals surface area contributed by atoms with Crippen LogP contribution in [0.3, 0.4) is 0 Å². The third-order valence-corrected chi connectivity index (χ3v) is 4.82. The Hall–Kier alpha value is -1.55. The van der Waals surface area contributed by atoms with E-state index >= 15 is 0 Å². The van der Waals surface area contributed by atoms with E-state index in [1.54, 1.807) is 0 Å². The van der Waals surface area contributed by atoms with Gasteiger partial charge in [0, 0.05) is 37.8 Å². The van der Waals surface area contributed by atoms with E-state index < -0.39 is 0 Å². The maximum Gasteiger partial charge on any atom is 0.191 e. The minimum Gasteiger partial charge on any atom is -0.354 e. The fourth-order valence-corrected chi connectivity index (χ4v) is 3.31. The Labute approximate surface area is 140 Å². The van der Waals surface area contributed by atoms with Crippen molar-refractivity contribution in [1.82, 2.24) is 15.5 Å². The molecule has 1 aliphatic carbocycles. The summed E-state index contributed by atoms with van der Waals surface area (Å²) in [6.45, 7) is 7.50. The van der Waals surface area contributed by atoms with Crippen molar-refractivity contribution in [2.45, 2.75) is 64.2 Å². The molecular formula is C19H30N4. The van der Waals surface area contributed by atoms with Crippen LogP contribution in [0.2, 0.25) is 0 Å². The quantitative estimate of drug-likeness (QED) is 0.648. The van der Waals surface area contributed by atoms with Crippen molar-refractivity contribution >= 4 is 5.96 Å². The summed E-state index contributed by atoms with van der Waals surface area (Å²) in [4.78, 5) is 7.19. The van der Waals surface area contributed by atoms with E-state index in [1.165, 1.54) is 31.2 Å². The van der Waals surface area contributed by atoms with Crippen LogP contribution in [0.5, 0.6) is 0 Å². The lowest BCUT2D eigenvalue weighted by molar-refractivity contribution is 0.134. The minimum absolute atomic E-state index is 0.536.